The zero-order valence-electron chi connectivity index (χ0n) is 22.5. The first-order valence-corrected chi connectivity index (χ1v) is 12.6. The molecule has 2 N–H and O–H groups in total. The molecule has 0 saturated heterocycles. The fourth-order valence-corrected chi connectivity index (χ4v) is 4.54. The topological polar surface area (TPSA) is 44.7 Å². The van der Waals surface area contributed by atoms with Gasteiger partial charge in [0.1, 0.15) is 17.4 Å². The molecule has 0 heterocycles. The van der Waals surface area contributed by atoms with Crippen LogP contribution in [0, 0.1) is 11.6 Å². The van der Waals surface area contributed by atoms with E-state index in [0.29, 0.717) is 11.6 Å². The van der Waals surface area contributed by atoms with Gasteiger partial charge in [-0.2, -0.15) is 30.7 Å². The smallest absolute Gasteiger partial charge is 0.428 e. The van der Waals surface area contributed by atoms with Crippen LogP contribution in [0.4, 0.5) is 39.5 Å². The van der Waals surface area contributed by atoms with Crippen molar-refractivity contribution in [1.29, 1.82) is 0 Å². The van der Waals surface area contributed by atoms with Crippen LogP contribution in [0.25, 0.3) is 0 Å². The maximum Gasteiger partial charge on any atom is 0.461 e. The molecular formula is C29H29F9N2O2. The standard InChI is InChI=1S/C29H29F9N2O2/c1-40(2)17-19-10-20(8-9-25(19)31)27(14-18-6-4-3-5-7-18,39-16-23(41)15-28(34,35)36)21-11-22(30)13-24(12-21)42-29(37,38)26(32)33/h3-13,23,26,39,41H,14-17H2,1-2H3/t23?,27-/m1/s1. The number of aliphatic hydroxyl groups is 1. The van der Waals surface area contributed by atoms with Crippen LogP contribution in [0.2, 0.25) is 0 Å². The summed E-state index contributed by atoms with van der Waals surface area (Å²) in [5.41, 5.74) is -1.18. The van der Waals surface area contributed by atoms with E-state index in [1.54, 1.807) is 49.3 Å². The molecular weight excluding hydrogens is 579 g/mol. The van der Waals surface area contributed by atoms with Crippen LogP contribution in [0.1, 0.15) is 28.7 Å². The van der Waals surface area contributed by atoms with Crippen molar-refractivity contribution in [3.05, 3.63) is 101 Å². The van der Waals surface area contributed by atoms with E-state index in [9.17, 15) is 44.6 Å². The van der Waals surface area contributed by atoms with E-state index in [1.807, 2.05) is 0 Å². The van der Waals surface area contributed by atoms with Gasteiger partial charge in [-0.05, 0) is 61.5 Å². The number of nitrogens with one attached hydrogen (secondary N) is 1. The lowest BCUT2D eigenvalue weighted by atomic mass is 9.77. The summed E-state index contributed by atoms with van der Waals surface area (Å²) in [5, 5.41) is 13.1. The van der Waals surface area contributed by atoms with Gasteiger partial charge in [0.2, 0.25) is 0 Å². The maximum atomic E-state index is 14.9. The predicted molar refractivity (Wildman–Crippen MR) is 137 cm³/mol. The van der Waals surface area contributed by atoms with Crippen molar-refractivity contribution < 1.29 is 49.4 Å². The lowest BCUT2D eigenvalue weighted by Gasteiger charge is -2.38. The van der Waals surface area contributed by atoms with Gasteiger partial charge in [-0.3, -0.25) is 0 Å². The molecule has 2 atom stereocenters. The minimum Gasteiger partial charge on any atom is -0.428 e. The molecule has 0 radical (unpaired) electrons. The average Bonchev–Trinajstić information content (AvgIpc) is 2.86. The highest BCUT2D eigenvalue weighted by Crippen LogP contribution is 2.38. The summed E-state index contributed by atoms with van der Waals surface area (Å²) in [6.07, 6.45) is -17.7. The van der Waals surface area contributed by atoms with E-state index in [4.69, 9.17) is 0 Å². The van der Waals surface area contributed by atoms with Crippen LogP contribution < -0.4 is 10.1 Å². The van der Waals surface area contributed by atoms with Gasteiger partial charge in [0.15, 0.2) is 0 Å². The van der Waals surface area contributed by atoms with Crippen molar-refractivity contribution in [2.45, 2.75) is 49.7 Å². The molecule has 3 aromatic carbocycles. The molecule has 0 saturated carbocycles. The van der Waals surface area contributed by atoms with Gasteiger partial charge in [0.05, 0.1) is 18.1 Å². The Morgan fingerprint density at radius 2 is 1.55 bits per heavy atom. The van der Waals surface area contributed by atoms with Crippen molar-refractivity contribution in [2.24, 2.45) is 0 Å². The minimum absolute atomic E-state index is 0.0793. The van der Waals surface area contributed by atoms with Crippen LogP contribution in [-0.4, -0.2) is 55.5 Å². The van der Waals surface area contributed by atoms with Crippen LogP contribution in [0.3, 0.4) is 0 Å². The fraction of sp³-hybridized carbons (Fsp3) is 0.379. The number of alkyl halides is 7. The molecule has 0 aliphatic carbocycles. The van der Waals surface area contributed by atoms with Gasteiger partial charge in [0.25, 0.3) is 0 Å². The second-order valence-electron chi connectivity index (χ2n) is 10.1. The summed E-state index contributed by atoms with van der Waals surface area (Å²) in [4.78, 5) is 1.64. The van der Waals surface area contributed by atoms with Crippen LogP contribution >= 0.6 is 0 Å². The van der Waals surface area contributed by atoms with Gasteiger partial charge >= 0.3 is 18.7 Å². The molecule has 0 amide bonds. The van der Waals surface area contributed by atoms with E-state index >= 15 is 0 Å². The summed E-state index contributed by atoms with van der Waals surface area (Å²) < 4.78 is 126. The highest BCUT2D eigenvalue weighted by molar-refractivity contribution is 5.46. The lowest BCUT2D eigenvalue weighted by Crippen LogP contribution is -2.49. The van der Waals surface area contributed by atoms with Crippen molar-refractivity contribution in [2.75, 3.05) is 20.6 Å². The molecule has 0 fully saturated rings. The summed E-state index contributed by atoms with van der Waals surface area (Å²) in [7, 11) is 3.32. The molecule has 0 aliphatic rings. The first kappa shape index (κ1) is 33.2. The number of benzene rings is 3. The molecule has 4 nitrogen and oxygen atoms in total. The monoisotopic (exact) mass is 608 g/mol. The summed E-state index contributed by atoms with van der Waals surface area (Å²) in [5.74, 6) is -2.79. The SMILES string of the molecule is CN(C)Cc1cc([C@@](Cc2ccccc2)(NCC(O)CC(F)(F)F)c2cc(F)cc(OC(F)(F)C(F)F)c2)ccc1F. The average molecular weight is 609 g/mol. The van der Waals surface area contributed by atoms with E-state index in [2.05, 4.69) is 10.1 Å². The van der Waals surface area contributed by atoms with E-state index < -0.39 is 60.7 Å². The van der Waals surface area contributed by atoms with Crippen molar-refractivity contribution in [3.63, 3.8) is 0 Å². The first-order valence-electron chi connectivity index (χ1n) is 12.6. The highest BCUT2D eigenvalue weighted by Gasteiger charge is 2.45. The number of halogens is 9. The molecule has 0 aliphatic heterocycles. The Hall–Kier alpha value is -3.29. The Bertz CT molecular complexity index is 1320. The molecule has 0 spiro atoms. The summed E-state index contributed by atoms with van der Waals surface area (Å²) >= 11 is 0. The van der Waals surface area contributed by atoms with E-state index in [0.717, 1.165) is 18.2 Å². The maximum absolute atomic E-state index is 14.9. The van der Waals surface area contributed by atoms with E-state index in [-0.39, 0.29) is 29.7 Å². The largest absolute Gasteiger partial charge is 0.461 e. The lowest BCUT2D eigenvalue weighted by molar-refractivity contribution is -0.253. The van der Waals surface area contributed by atoms with Crippen LogP contribution in [0.5, 0.6) is 5.75 Å². The van der Waals surface area contributed by atoms with Gasteiger partial charge < -0.3 is 20.1 Å². The first-order chi connectivity index (χ1) is 19.5. The second kappa shape index (κ2) is 13.3. The minimum atomic E-state index is -4.99. The Balaban J connectivity index is 2.28. The zero-order valence-corrected chi connectivity index (χ0v) is 22.5. The fourth-order valence-electron chi connectivity index (χ4n) is 4.54. The van der Waals surface area contributed by atoms with Gasteiger partial charge in [0, 0.05) is 24.7 Å². The number of hydrogen-bond acceptors (Lipinski definition) is 4. The Morgan fingerprint density at radius 1 is 0.881 bits per heavy atom. The van der Waals surface area contributed by atoms with Crippen molar-refractivity contribution in [3.8, 4) is 5.75 Å². The summed E-state index contributed by atoms with van der Waals surface area (Å²) in [6, 6.07) is 14.1. The van der Waals surface area contributed by atoms with Gasteiger partial charge in [-0.1, -0.05) is 36.4 Å². The third-order valence-corrected chi connectivity index (χ3v) is 6.32. The third kappa shape index (κ3) is 8.85. The molecule has 13 heteroatoms. The number of hydrogen-bond donors (Lipinski definition) is 2. The highest BCUT2D eigenvalue weighted by atomic mass is 19.4. The number of aliphatic hydroxyl groups excluding tert-OH is 1. The van der Waals surface area contributed by atoms with Crippen LogP contribution in [0.15, 0.2) is 66.7 Å². The Kier molecular flexibility index (Phi) is 10.6. The number of nitrogens with zero attached hydrogens (tertiary/aromatic N) is 1. The molecule has 3 aromatic rings. The van der Waals surface area contributed by atoms with E-state index in [1.165, 1.54) is 12.1 Å². The summed E-state index contributed by atoms with van der Waals surface area (Å²) in [6.45, 7) is -0.650. The number of ether oxygens (including phenoxy) is 1. The van der Waals surface area contributed by atoms with Crippen LogP contribution in [-0.2, 0) is 18.5 Å². The molecule has 0 bridgehead atoms. The molecule has 1 unspecified atom stereocenters. The van der Waals surface area contributed by atoms with Gasteiger partial charge in [-0.25, -0.2) is 8.78 Å². The molecule has 230 valence electrons. The van der Waals surface area contributed by atoms with Crippen molar-refractivity contribution >= 4 is 0 Å². The Labute approximate surface area is 236 Å². The Morgan fingerprint density at radius 3 is 2.14 bits per heavy atom. The molecule has 0 aromatic heterocycles. The second-order valence-corrected chi connectivity index (χ2v) is 10.1. The predicted octanol–water partition coefficient (Wildman–Crippen LogP) is 6.65. The quantitative estimate of drug-likeness (QED) is 0.213. The van der Waals surface area contributed by atoms with Gasteiger partial charge in [-0.15, -0.1) is 0 Å². The zero-order chi connectivity index (χ0) is 31.3. The molecule has 42 heavy (non-hydrogen) atoms. The molecule has 3 rings (SSSR count). The number of rotatable bonds is 13. The normalized spacial score (nSPS) is 14.7. The third-order valence-electron chi connectivity index (χ3n) is 6.32. The van der Waals surface area contributed by atoms with Crippen molar-refractivity contribution in [1.82, 2.24) is 10.2 Å².